The number of halogens is 3. The van der Waals surface area contributed by atoms with E-state index in [0.717, 1.165) is 6.92 Å². The number of alkyl halides is 3. The molecule has 216 valence electrons. The maximum absolute atomic E-state index is 13.4. The minimum absolute atomic E-state index is 0.0293. The van der Waals surface area contributed by atoms with Crippen molar-refractivity contribution < 1.29 is 40.8 Å². The Kier molecular flexibility index (Phi) is 9.28. The summed E-state index contributed by atoms with van der Waals surface area (Å²) in [6.07, 6.45) is -4.15. The van der Waals surface area contributed by atoms with Gasteiger partial charge in [0.1, 0.15) is 17.4 Å². The Balaban J connectivity index is 1.94. The van der Waals surface area contributed by atoms with Gasteiger partial charge in [-0.15, -0.1) is 0 Å². The fraction of sp³-hybridized carbons (Fsp3) is 0.370. The molecule has 1 heterocycles. The third-order valence-corrected chi connectivity index (χ3v) is 7.57. The number of carbonyl (C=O) groups excluding carboxylic acids is 1. The van der Waals surface area contributed by atoms with E-state index in [-0.39, 0.29) is 35.2 Å². The highest BCUT2D eigenvalue weighted by molar-refractivity contribution is 7.92. The van der Waals surface area contributed by atoms with Gasteiger partial charge in [0.05, 0.1) is 4.90 Å². The first kappa shape index (κ1) is 30.7. The summed E-state index contributed by atoms with van der Waals surface area (Å²) in [6.45, 7) is 6.32. The first-order valence-electron chi connectivity index (χ1n) is 12.4. The average molecular weight is 582 g/mol. The number of carboxylic acid groups (broad SMARTS) is 1. The second-order valence-corrected chi connectivity index (χ2v) is 11.2. The van der Waals surface area contributed by atoms with Crippen LogP contribution in [0.3, 0.4) is 0 Å². The summed E-state index contributed by atoms with van der Waals surface area (Å²) in [4.78, 5) is 25.8. The van der Waals surface area contributed by atoms with Gasteiger partial charge in [0, 0.05) is 18.5 Å². The topological polar surface area (TPSA) is 130 Å². The molecule has 3 aromatic rings. The number of hydrogen-bond acceptors (Lipinski definition) is 6. The predicted molar refractivity (Wildman–Crippen MR) is 141 cm³/mol. The van der Waals surface area contributed by atoms with Crippen molar-refractivity contribution in [1.29, 1.82) is 0 Å². The van der Waals surface area contributed by atoms with Gasteiger partial charge in [-0.2, -0.15) is 13.2 Å². The lowest BCUT2D eigenvalue weighted by Gasteiger charge is -2.31. The number of rotatable bonds is 11. The molecule has 0 fully saturated rings. The van der Waals surface area contributed by atoms with Gasteiger partial charge >= 0.3 is 12.1 Å². The van der Waals surface area contributed by atoms with Crippen LogP contribution in [-0.4, -0.2) is 41.5 Å². The van der Waals surface area contributed by atoms with Crippen molar-refractivity contribution in [3.8, 4) is 11.1 Å². The van der Waals surface area contributed by atoms with E-state index in [2.05, 4.69) is 9.68 Å². The molecule has 1 aromatic heterocycles. The normalized spacial score (nSPS) is 12.8. The second-order valence-electron chi connectivity index (χ2n) is 9.56. The molecule has 0 radical (unpaired) electrons. The summed E-state index contributed by atoms with van der Waals surface area (Å²) in [5.74, 6) is -3.29. The van der Waals surface area contributed by atoms with Crippen LogP contribution in [0, 0.1) is 12.8 Å². The summed E-state index contributed by atoms with van der Waals surface area (Å²) in [7, 11) is -4.53. The van der Waals surface area contributed by atoms with Gasteiger partial charge in [0.25, 0.3) is 10.0 Å². The zero-order valence-electron chi connectivity index (χ0n) is 22.3. The number of amides is 1. The number of carbonyl (C=O) groups is 2. The molecule has 9 nitrogen and oxygen atoms in total. The van der Waals surface area contributed by atoms with Gasteiger partial charge < -0.3 is 14.5 Å². The lowest BCUT2D eigenvalue weighted by Crippen LogP contribution is -2.47. The van der Waals surface area contributed by atoms with Crippen LogP contribution in [0.15, 0.2) is 57.9 Å². The summed E-state index contributed by atoms with van der Waals surface area (Å²) >= 11 is 0. The van der Waals surface area contributed by atoms with E-state index in [4.69, 9.17) is 0 Å². The number of aromatic nitrogens is 1. The predicted octanol–water partition coefficient (Wildman–Crippen LogP) is 5.71. The molecule has 1 amide bonds. The maximum Gasteiger partial charge on any atom is 0.423 e. The molecule has 0 aliphatic carbocycles. The number of benzene rings is 2. The van der Waals surface area contributed by atoms with Crippen molar-refractivity contribution in [2.45, 2.75) is 64.2 Å². The van der Waals surface area contributed by atoms with Crippen molar-refractivity contribution in [2.75, 3.05) is 4.72 Å². The van der Waals surface area contributed by atoms with Crippen LogP contribution in [0.5, 0.6) is 0 Å². The fourth-order valence-corrected chi connectivity index (χ4v) is 5.60. The molecule has 0 spiro atoms. The van der Waals surface area contributed by atoms with E-state index < -0.39 is 45.4 Å². The van der Waals surface area contributed by atoms with E-state index >= 15 is 0 Å². The second kappa shape index (κ2) is 12.1. The lowest BCUT2D eigenvalue weighted by atomic mass is 10.00. The van der Waals surface area contributed by atoms with Crippen LogP contribution in [0.1, 0.15) is 50.5 Å². The summed E-state index contributed by atoms with van der Waals surface area (Å²) < 4.78 is 73.1. The minimum atomic E-state index is -4.89. The van der Waals surface area contributed by atoms with E-state index in [1.165, 1.54) is 23.1 Å². The van der Waals surface area contributed by atoms with Gasteiger partial charge in [-0.1, -0.05) is 68.4 Å². The molecule has 1 atom stereocenters. The Morgan fingerprint density at radius 2 is 1.73 bits per heavy atom. The van der Waals surface area contributed by atoms with E-state index in [0.29, 0.717) is 17.5 Å². The van der Waals surface area contributed by atoms with E-state index in [1.54, 1.807) is 44.2 Å². The summed E-state index contributed by atoms with van der Waals surface area (Å²) in [6, 6.07) is 11.2. The van der Waals surface area contributed by atoms with Crippen molar-refractivity contribution in [2.24, 2.45) is 5.92 Å². The van der Waals surface area contributed by atoms with Crippen molar-refractivity contribution in [3.05, 3.63) is 65.4 Å². The monoisotopic (exact) mass is 581 g/mol. The quantitative estimate of drug-likeness (QED) is 0.297. The average Bonchev–Trinajstić information content (AvgIpc) is 3.23. The molecule has 2 N–H and O–H groups in total. The SMILES string of the molecule is CCCC(=O)N(Cc1ccc(-c2ccccc2S(=O)(=O)Nc2noc(C)c2C(F)(F)F)cc1)[C@H](C(=O)O)C(C)C. The molecular weight excluding hydrogens is 551 g/mol. The zero-order valence-corrected chi connectivity index (χ0v) is 23.1. The van der Waals surface area contributed by atoms with Crippen LogP contribution in [0.25, 0.3) is 11.1 Å². The molecule has 0 unspecified atom stereocenters. The largest absolute Gasteiger partial charge is 0.480 e. The number of nitrogens with one attached hydrogen (secondary N) is 1. The van der Waals surface area contributed by atoms with Crippen LogP contribution >= 0.6 is 0 Å². The molecule has 2 aromatic carbocycles. The molecular formula is C27H30F3N3O6S. The first-order chi connectivity index (χ1) is 18.7. The number of sulfonamides is 1. The third-order valence-electron chi connectivity index (χ3n) is 6.18. The number of carboxylic acids is 1. The van der Waals surface area contributed by atoms with Gasteiger partial charge in [-0.3, -0.25) is 9.52 Å². The Hall–Kier alpha value is -3.87. The van der Waals surface area contributed by atoms with Gasteiger partial charge in [-0.05, 0) is 36.5 Å². The minimum Gasteiger partial charge on any atom is -0.480 e. The first-order valence-corrected chi connectivity index (χ1v) is 13.9. The van der Waals surface area contributed by atoms with Crippen LogP contribution in [-0.2, 0) is 32.3 Å². The number of hydrogen-bond donors (Lipinski definition) is 2. The van der Waals surface area contributed by atoms with Gasteiger partial charge in [0.15, 0.2) is 5.82 Å². The Bertz CT molecular complexity index is 1470. The molecule has 0 bridgehead atoms. The molecule has 3 rings (SSSR count). The van der Waals surface area contributed by atoms with Gasteiger partial charge in [0.2, 0.25) is 5.91 Å². The lowest BCUT2D eigenvalue weighted by molar-refractivity contribution is -0.153. The Labute approximate surface area is 230 Å². The Morgan fingerprint density at radius 1 is 1.10 bits per heavy atom. The number of aryl methyl sites for hydroxylation is 1. The van der Waals surface area contributed by atoms with E-state index in [9.17, 15) is 36.3 Å². The molecule has 0 saturated carbocycles. The fourth-order valence-electron chi connectivity index (χ4n) is 4.36. The van der Waals surface area contributed by atoms with Crippen molar-refractivity contribution in [1.82, 2.24) is 10.1 Å². The number of aliphatic carboxylic acids is 1. The highest BCUT2D eigenvalue weighted by Crippen LogP contribution is 2.38. The molecule has 0 saturated heterocycles. The maximum atomic E-state index is 13.4. The molecule has 13 heteroatoms. The molecule has 40 heavy (non-hydrogen) atoms. The van der Waals surface area contributed by atoms with E-state index in [1.807, 2.05) is 11.6 Å². The highest BCUT2D eigenvalue weighted by Gasteiger charge is 2.40. The van der Waals surface area contributed by atoms with Crippen LogP contribution in [0.4, 0.5) is 19.0 Å². The van der Waals surface area contributed by atoms with Crippen LogP contribution in [0.2, 0.25) is 0 Å². The van der Waals surface area contributed by atoms with Gasteiger partial charge in [-0.25, -0.2) is 13.2 Å². The molecule has 0 aliphatic rings. The highest BCUT2D eigenvalue weighted by atomic mass is 32.2. The third kappa shape index (κ3) is 6.82. The van der Waals surface area contributed by atoms with Crippen molar-refractivity contribution in [3.63, 3.8) is 0 Å². The number of nitrogens with zero attached hydrogens (tertiary/aromatic N) is 2. The van der Waals surface area contributed by atoms with Crippen LogP contribution < -0.4 is 4.72 Å². The zero-order chi connectivity index (χ0) is 29.8. The number of anilines is 1. The summed E-state index contributed by atoms with van der Waals surface area (Å²) in [5.41, 5.74) is -0.0605. The Morgan fingerprint density at radius 3 is 2.27 bits per heavy atom. The molecule has 0 aliphatic heterocycles. The smallest absolute Gasteiger partial charge is 0.423 e. The van der Waals surface area contributed by atoms with Crippen molar-refractivity contribution >= 4 is 27.7 Å². The standard InChI is InChI=1S/C27H30F3N3O6S/c1-5-8-22(34)33(24(16(2)3)26(35)36)15-18-11-13-19(14-12-18)20-9-6-7-10-21(20)40(37,38)32-25-23(27(28,29)30)17(4)39-31-25/h6-7,9-14,16,24H,5,8,15H2,1-4H3,(H,31,32)(H,35,36)/t24-/m0/s1. The summed E-state index contributed by atoms with van der Waals surface area (Å²) in [5, 5.41) is 13.0.